The van der Waals surface area contributed by atoms with Crippen molar-refractivity contribution in [2.45, 2.75) is 0 Å². The molecule has 0 fully saturated rings. The van der Waals surface area contributed by atoms with Gasteiger partial charge in [-0.25, -0.2) is 13.1 Å². The molecule has 64 valence electrons. The monoisotopic (exact) mass is 183 g/mol. The molecule has 1 aliphatic rings. The highest BCUT2D eigenvalue weighted by atomic mass is 32.2. The molecule has 1 N–H and O–H groups in total. The summed E-state index contributed by atoms with van der Waals surface area (Å²) in [6.45, 7) is 3.65. The predicted molar refractivity (Wildman–Crippen MR) is 47.9 cm³/mol. The molecule has 1 rings (SSSR count). The topological polar surface area (TPSA) is 46.2 Å². The summed E-state index contributed by atoms with van der Waals surface area (Å²) >= 11 is 0. The van der Waals surface area contributed by atoms with Gasteiger partial charge in [0.05, 0.1) is 0 Å². The lowest BCUT2D eigenvalue weighted by atomic mass is 10.6. The van der Waals surface area contributed by atoms with Crippen molar-refractivity contribution in [1.82, 2.24) is 4.72 Å². The van der Waals surface area contributed by atoms with E-state index in [9.17, 15) is 8.42 Å². The van der Waals surface area contributed by atoms with Crippen LogP contribution in [0.5, 0.6) is 0 Å². The van der Waals surface area contributed by atoms with Crippen LogP contribution in [0.4, 0.5) is 0 Å². The Balaban J connectivity index is 2.80. The Morgan fingerprint density at radius 1 is 1.67 bits per heavy atom. The van der Waals surface area contributed by atoms with Gasteiger partial charge in [-0.1, -0.05) is 17.9 Å². The van der Waals surface area contributed by atoms with E-state index in [4.69, 9.17) is 0 Å². The molecule has 1 aliphatic carbocycles. The summed E-state index contributed by atoms with van der Waals surface area (Å²) in [5, 5.41) is 0. The van der Waals surface area contributed by atoms with Crippen molar-refractivity contribution >= 4 is 10.0 Å². The van der Waals surface area contributed by atoms with E-state index in [-0.39, 0.29) is 11.4 Å². The summed E-state index contributed by atoms with van der Waals surface area (Å²) in [4.78, 5) is 0.171. The van der Waals surface area contributed by atoms with Crippen molar-refractivity contribution in [3.63, 3.8) is 0 Å². The third-order valence-corrected chi connectivity index (χ3v) is 2.66. The second kappa shape index (κ2) is 3.54. The molecule has 0 spiro atoms. The largest absolute Gasteiger partial charge is 0.248 e. The van der Waals surface area contributed by atoms with Crippen LogP contribution in [0.2, 0.25) is 0 Å². The van der Waals surface area contributed by atoms with E-state index in [1.807, 2.05) is 0 Å². The summed E-state index contributed by atoms with van der Waals surface area (Å²) < 4.78 is 24.9. The summed E-state index contributed by atoms with van der Waals surface area (Å²) in [6.07, 6.45) is 6.16. The molecule has 0 amide bonds. The first-order chi connectivity index (χ1) is 5.67. The van der Waals surface area contributed by atoms with Crippen molar-refractivity contribution in [3.05, 3.63) is 41.5 Å². The zero-order valence-corrected chi connectivity index (χ0v) is 7.26. The molecule has 0 aliphatic heterocycles. The Morgan fingerprint density at radius 3 is 2.92 bits per heavy atom. The average molecular weight is 183 g/mol. The zero-order valence-electron chi connectivity index (χ0n) is 6.45. The third kappa shape index (κ3) is 1.95. The van der Waals surface area contributed by atoms with Crippen LogP contribution in [-0.2, 0) is 10.0 Å². The summed E-state index contributed by atoms with van der Waals surface area (Å²) in [5.74, 6) is 0. The number of nitrogens with one attached hydrogen (secondary N) is 1. The lowest BCUT2D eigenvalue weighted by Crippen LogP contribution is -2.23. The van der Waals surface area contributed by atoms with Crippen LogP contribution in [0, 0.1) is 0 Å². The molecule has 4 heteroatoms. The Kier molecular flexibility index (Phi) is 2.65. The first kappa shape index (κ1) is 9.00. The van der Waals surface area contributed by atoms with Gasteiger partial charge < -0.3 is 0 Å². The Morgan fingerprint density at radius 2 is 2.42 bits per heavy atom. The van der Waals surface area contributed by atoms with Crippen molar-refractivity contribution in [2.75, 3.05) is 6.54 Å². The number of rotatable bonds is 4. The van der Waals surface area contributed by atoms with Crippen molar-refractivity contribution in [2.24, 2.45) is 0 Å². The molecule has 0 heterocycles. The molecular formula is C8H9NO2S. The molecule has 0 saturated heterocycles. The van der Waals surface area contributed by atoms with Gasteiger partial charge in [-0.2, -0.15) is 0 Å². The molecule has 0 aromatic heterocycles. The Labute approximate surface area is 71.8 Å². The van der Waals surface area contributed by atoms with Crippen molar-refractivity contribution in [3.8, 4) is 0 Å². The van der Waals surface area contributed by atoms with Crippen LogP contribution in [0.1, 0.15) is 0 Å². The number of hydrogen-bond acceptors (Lipinski definition) is 2. The minimum Gasteiger partial charge on any atom is -0.207 e. The lowest BCUT2D eigenvalue weighted by molar-refractivity contribution is 0.593. The fourth-order valence-corrected chi connectivity index (χ4v) is 1.70. The molecule has 0 unspecified atom stereocenters. The minimum absolute atomic E-state index is 0.171. The van der Waals surface area contributed by atoms with Crippen LogP contribution >= 0.6 is 0 Å². The molecular weight excluding hydrogens is 174 g/mol. The van der Waals surface area contributed by atoms with Gasteiger partial charge in [-0.05, 0) is 12.2 Å². The first-order valence-corrected chi connectivity index (χ1v) is 4.89. The van der Waals surface area contributed by atoms with E-state index in [1.165, 1.54) is 12.2 Å². The van der Waals surface area contributed by atoms with Crippen LogP contribution in [0.3, 0.4) is 0 Å². The van der Waals surface area contributed by atoms with Crippen LogP contribution in [0.25, 0.3) is 0 Å². The van der Waals surface area contributed by atoms with Crippen LogP contribution in [-0.4, -0.2) is 15.0 Å². The maximum Gasteiger partial charge on any atom is 0.248 e. The second-order valence-electron chi connectivity index (χ2n) is 2.17. The highest BCUT2D eigenvalue weighted by Crippen LogP contribution is 2.08. The van der Waals surface area contributed by atoms with Gasteiger partial charge in [0.2, 0.25) is 10.0 Å². The zero-order chi connectivity index (χ0) is 9.03. The summed E-state index contributed by atoms with van der Waals surface area (Å²) in [7, 11) is -3.36. The molecule has 0 aromatic carbocycles. The SMILES string of the molecule is C=CCNS(=O)(=O)C1=C=CC=C1. The fourth-order valence-electron chi connectivity index (χ4n) is 0.727. The number of allylic oxidation sites excluding steroid dienone is 2. The lowest BCUT2D eigenvalue weighted by Gasteiger charge is -2.00. The van der Waals surface area contributed by atoms with E-state index < -0.39 is 10.0 Å². The smallest absolute Gasteiger partial charge is 0.207 e. The Hall–Kier alpha value is -1.09. The standard InChI is InChI=1S/C8H9NO2S/c1-2-7-9-12(10,11)8-5-3-4-6-8/h2-5,9H,1,7H2. The fraction of sp³-hybridized carbons (Fsp3) is 0.125. The first-order valence-electron chi connectivity index (χ1n) is 3.41. The molecule has 0 aromatic rings. The van der Waals surface area contributed by atoms with Crippen LogP contribution < -0.4 is 4.72 Å². The highest BCUT2D eigenvalue weighted by molar-refractivity contribution is 7.93. The summed E-state index contributed by atoms with van der Waals surface area (Å²) in [6, 6.07) is 0. The van der Waals surface area contributed by atoms with Gasteiger partial charge in [0.15, 0.2) is 0 Å². The van der Waals surface area contributed by atoms with Crippen molar-refractivity contribution in [1.29, 1.82) is 0 Å². The molecule has 0 saturated carbocycles. The molecule has 0 radical (unpaired) electrons. The molecule has 0 atom stereocenters. The van der Waals surface area contributed by atoms with E-state index in [0.29, 0.717) is 0 Å². The molecule has 12 heavy (non-hydrogen) atoms. The van der Waals surface area contributed by atoms with Gasteiger partial charge in [-0.15, -0.1) is 6.58 Å². The van der Waals surface area contributed by atoms with E-state index in [2.05, 4.69) is 17.0 Å². The van der Waals surface area contributed by atoms with Gasteiger partial charge >= 0.3 is 0 Å². The normalized spacial score (nSPS) is 14.8. The van der Waals surface area contributed by atoms with Gasteiger partial charge in [0.1, 0.15) is 4.91 Å². The Bertz CT molecular complexity index is 370. The molecule has 0 bridgehead atoms. The minimum atomic E-state index is -3.36. The van der Waals surface area contributed by atoms with Gasteiger partial charge in [0, 0.05) is 6.54 Å². The van der Waals surface area contributed by atoms with Crippen LogP contribution in [0.15, 0.2) is 41.5 Å². The van der Waals surface area contributed by atoms with Crippen molar-refractivity contribution < 1.29 is 8.42 Å². The number of hydrogen-bond donors (Lipinski definition) is 1. The third-order valence-electron chi connectivity index (χ3n) is 1.28. The second-order valence-corrected chi connectivity index (χ2v) is 3.91. The average Bonchev–Trinajstić information content (AvgIpc) is 2.53. The van der Waals surface area contributed by atoms with Gasteiger partial charge in [-0.3, -0.25) is 0 Å². The van der Waals surface area contributed by atoms with E-state index in [1.54, 1.807) is 12.2 Å². The van der Waals surface area contributed by atoms with E-state index in [0.717, 1.165) is 0 Å². The highest BCUT2D eigenvalue weighted by Gasteiger charge is 2.13. The maximum atomic E-state index is 11.3. The summed E-state index contributed by atoms with van der Waals surface area (Å²) in [5.41, 5.74) is 2.60. The van der Waals surface area contributed by atoms with Gasteiger partial charge in [0.25, 0.3) is 0 Å². The quantitative estimate of drug-likeness (QED) is 0.515. The number of sulfonamides is 1. The molecule has 3 nitrogen and oxygen atoms in total. The maximum absolute atomic E-state index is 11.3. The predicted octanol–water partition coefficient (Wildman–Crippen LogP) is 0.701. The van der Waals surface area contributed by atoms with E-state index >= 15 is 0 Å².